The van der Waals surface area contributed by atoms with Crippen LogP contribution in [-0.4, -0.2) is 73.0 Å². The van der Waals surface area contributed by atoms with E-state index in [0.29, 0.717) is 29.8 Å². The van der Waals surface area contributed by atoms with E-state index in [1.54, 1.807) is 12.1 Å². The fourth-order valence-electron chi connectivity index (χ4n) is 3.57. The Labute approximate surface area is 194 Å². The lowest BCUT2D eigenvalue weighted by Gasteiger charge is -2.39. The average Bonchev–Trinajstić information content (AvgIpc) is 3.15. The number of aliphatic hydroxyl groups is 4. The van der Waals surface area contributed by atoms with Gasteiger partial charge in [0.25, 0.3) is 0 Å². The molecule has 0 amide bonds. The Morgan fingerprint density at radius 1 is 1.03 bits per heavy atom. The summed E-state index contributed by atoms with van der Waals surface area (Å²) in [6.07, 6.45) is -4.42. The van der Waals surface area contributed by atoms with Crippen molar-refractivity contribution in [3.8, 4) is 5.75 Å². The Morgan fingerprint density at radius 2 is 1.78 bits per heavy atom. The largest absolute Gasteiger partial charge is 0.494 e. The van der Waals surface area contributed by atoms with Gasteiger partial charge < -0.3 is 34.5 Å². The minimum Gasteiger partial charge on any atom is -0.494 e. The molecule has 0 bridgehead atoms. The number of aryl methyl sites for hydroxylation is 1. The third-order valence-electron chi connectivity index (χ3n) is 5.30. The minimum absolute atomic E-state index is 0.472. The summed E-state index contributed by atoms with van der Waals surface area (Å²) in [4.78, 5) is 4.66. The van der Waals surface area contributed by atoms with Crippen LogP contribution in [0.25, 0.3) is 11.0 Å². The van der Waals surface area contributed by atoms with E-state index in [2.05, 4.69) is 4.98 Å². The van der Waals surface area contributed by atoms with Gasteiger partial charge in [0.2, 0.25) is 0 Å². The van der Waals surface area contributed by atoms with Crippen LogP contribution in [0.4, 0.5) is 0 Å². The van der Waals surface area contributed by atoms with Crippen LogP contribution < -0.4 is 4.74 Å². The number of aliphatic hydroxyl groups excluding tert-OH is 4. The van der Waals surface area contributed by atoms with E-state index in [4.69, 9.17) is 21.1 Å². The molecule has 172 valence electrons. The van der Waals surface area contributed by atoms with Gasteiger partial charge in [-0.15, -0.1) is 0 Å². The molecule has 0 aliphatic carbocycles. The zero-order valence-electron chi connectivity index (χ0n) is 17.1. The molecule has 1 aliphatic heterocycles. The van der Waals surface area contributed by atoms with Crippen molar-refractivity contribution in [2.45, 2.75) is 48.0 Å². The lowest BCUT2D eigenvalue weighted by Crippen LogP contribution is -2.57. The van der Waals surface area contributed by atoms with Gasteiger partial charge in [0.15, 0.2) is 5.16 Å². The maximum Gasteiger partial charge on any atom is 0.171 e. The second kappa shape index (κ2) is 10.4. The summed E-state index contributed by atoms with van der Waals surface area (Å²) in [6.45, 7) is 0.618. The summed E-state index contributed by atoms with van der Waals surface area (Å²) in [5, 5.41) is 41.2. The monoisotopic (exact) mass is 480 g/mol. The molecule has 1 fully saturated rings. The number of aromatic nitrogens is 2. The molecule has 3 aromatic rings. The van der Waals surface area contributed by atoms with Crippen LogP contribution in [0.5, 0.6) is 5.75 Å². The number of hydrogen-bond acceptors (Lipinski definition) is 8. The van der Waals surface area contributed by atoms with Crippen LogP contribution >= 0.6 is 23.4 Å². The van der Waals surface area contributed by atoms with Crippen LogP contribution in [0, 0.1) is 0 Å². The van der Waals surface area contributed by atoms with Gasteiger partial charge in [-0.1, -0.05) is 35.5 Å². The molecular formula is C22H25ClN2O6S. The molecule has 10 heteroatoms. The summed E-state index contributed by atoms with van der Waals surface area (Å²) < 4.78 is 13.4. The van der Waals surface area contributed by atoms with Crippen molar-refractivity contribution in [3.05, 3.63) is 53.6 Å². The highest BCUT2D eigenvalue weighted by Gasteiger charge is 2.44. The number of benzene rings is 2. The maximum atomic E-state index is 10.4. The highest BCUT2D eigenvalue weighted by atomic mass is 35.5. The first-order valence-electron chi connectivity index (χ1n) is 10.3. The second-order valence-corrected chi connectivity index (χ2v) is 9.01. The smallest absolute Gasteiger partial charge is 0.171 e. The lowest BCUT2D eigenvalue weighted by atomic mass is 10.0. The Kier molecular flexibility index (Phi) is 7.57. The molecule has 5 atom stereocenters. The molecule has 8 nitrogen and oxygen atoms in total. The van der Waals surface area contributed by atoms with Crippen molar-refractivity contribution >= 4 is 34.4 Å². The Hall–Kier alpha value is -1.85. The molecular weight excluding hydrogens is 456 g/mol. The van der Waals surface area contributed by atoms with Crippen molar-refractivity contribution in [1.82, 2.24) is 9.55 Å². The van der Waals surface area contributed by atoms with Crippen LogP contribution in [-0.2, 0) is 11.3 Å². The van der Waals surface area contributed by atoms with Crippen molar-refractivity contribution in [1.29, 1.82) is 0 Å². The Balaban J connectivity index is 1.48. The van der Waals surface area contributed by atoms with Crippen LogP contribution in [0.2, 0.25) is 5.02 Å². The number of fused-ring (bicyclic) bond motifs is 1. The van der Waals surface area contributed by atoms with Gasteiger partial charge >= 0.3 is 0 Å². The Morgan fingerprint density at radius 3 is 2.53 bits per heavy atom. The van der Waals surface area contributed by atoms with Gasteiger partial charge in [-0.25, -0.2) is 4.98 Å². The van der Waals surface area contributed by atoms with Crippen molar-refractivity contribution in [2.24, 2.45) is 0 Å². The van der Waals surface area contributed by atoms with E-state index in [0.717, 1.165) is 28.5 Å². The fourth-order valence-corrected chi connectivity index (χ4v) is 4.87. The van der Waals surface area contributed by atoms with Crippen molar-refractivity contribution in [2.75, 3.05) is 13.2 Å². The standard InChI is InChI=1S/C22H25ClN2O6S/c23-13-6-8-14(9-7-13)30-11-3-10-25-16-5-2-1-4-15(16)24-22(25)32-21-20(29)19(28)18(27)17(12-26)31-21/h1-2,4-9,17-21,26-29H,3,10-12H2. The molecule has 4 rings (SSSR count). The van der Waals surface area contributed by atoms with Crippen molar-refractivity contribution < 1.29 is 29.9 Å². The SMILES string of the molecule is OCC1OC(Sc2nc3ccccc3n2CCCOc2ccc(Cl)cc2)C(O)C(O)C1O. The van der Waals surface area contributed by atoms with E-state index in [-0.39, 0.29) is 0 Å². The number of para-hydroxylation sites is 2. The average molecular weight is 481 g/mol. The van der Waals surface area contributed by atoms with Gasteiger partial charge in [-0.05, 0) is 42.8 Å². The predicted octanol–water partition coefficient (Wildman–Crippen LogP) is 2.05. The summed E-state index contributed by atoms with van der Waals surface area (Å²) in [5.74, 6) is 0.737. The first-order chi connectivity index (χ1) is 15.5. The van der Waals surface area contributed by atoms with Crippen LogP contribution in [0.15, 0.2) is 53.7 Å². The van der Waals surface area contributed by atoms with E-state index < -0.39 is 36.5 Å². The third-order valence-corrected chi connectivity index (χ3v) is 6.69. The van der Waals surface area contributed by atoms with Gasteiger partial charge in [0, 0.05) is 11.6 Å². The number of nitrogens with zero attached hydrogens (tertiary/aromatic N) is 2. The maximum absolute atomic E-state index is 10.4. The quantitative estimate of drug-likeness (QED) is 0.362. The Bertz CT molecular complexity index is 1030. The molecule has 2 heterocycles. The van der Waals surface area contributed by atoms with Gasteiger partial charge in [-0.2, -0.15) is 0 Å². The fraction of sp³-hybridized carbons (Fsp3) is 0.409. The van der Waals surface area contributed by atoms with E-state index >= 15 is 0 Å². The molecule has 1 aromatic heterocycles. The highest BCUT2D eigenvalue weighted by Crippen LogP contribution is 2.34. The number of rotatable bonds is 8. The first-order valence-corrected chi connectivity index (χ1v) is 11.5. The summed E-state index contributed by atoms with van der Waals surface area (Å²) in [7, 11) is 0. The summed E-state index contributed by atoms with van der Waals surface area (Å²) in [6, 6.07) is 14.8. The number of halogens is 1. The van der Waals surface area contributed by atoms with E-state index in [9.17, 15) is 20.4 Å². The molecule has 4 N–H and O–H groups in total. The number of hydrogen-bond donors (Lipinski definition) is 4. The molecule has 2 aromatic carbocycles. The van der Waals surface area contributed by atoms with Gasteiger partial charge in [0.1, 0.15) is 35.6 Å². The first kappa shape index (κ1) is 23.3. The van der Waals surface area contributed by atoms with Gasteiger partial charge in [0.05, 0.1) is 24.2 Å². The zero-order chi connectivity index (χ0) is 22.7. The van der Waals surface area contributed by atoms with Crippen molar-refractivity contribution in [3.63, 3.8) is 0 Å². The number of thioether (sulfide) groups is 1. The lowest BCUT2D eigenvalue weighted by molar-refractivity contribution is -0.205. The number of ether oxygens (including phenoxy) is 2. The van der Waals surface area contributed by atoms with Crippen LogP contribution in [0.1, 0.15) is 6.42 Å². The summed E-state index contributed by atoms with van der Waals surface area (Å²) in [5.41, 5.74) is 0.815. The normalized spacial score (nSPS) is 25.8. The van der Waals surface area contributed by atoms with E-state index in [1.165, 1.54) is 0 Å². The highest BCUT2D eigenvalue weighted by molar-refractivity contribution is 7.99. The third kappa shape index (κ3) is 5.04. The van der Waals surface area contributed by atoms with Crippen LogP contribution in [0.3, 0.4) is 0 Å². The molecule has 5 unspecified atom stereocenters. The topological polar surface area (TPSA) is 117 Å². The number of imidazole rings is 1. The molecule has 0 radical (unpaired) electrons. The predicted molar refractivity (Wildman–Crippen MR) is 121 cm³/mol. The second-order valence-electron chi connectivity index (χ2n) is 7.51. The molecule has 0 spiro atoms. The molecule has 32 heavy (non-hydrogen) atoms. The molecule has 1 aliphatic rings. The van der Waals surface area contributed by atoms with E-state index in [1.807, 2.05) is 41.0 Å². The minimum atomic E-state index is -1.43. The molecule has 1 saturated heterocycles. The summed E-state index contributed by atoms with van der Waals surface area (Å²) >= 11 is 7.05. The van der Waals surface area contributed by atoms with Gasteiger partial charge in [-0.3, -0.25) is 0 Å². The molecule has 0 saturated carbocycles. The zero-order valence-corrected chi connectivity index (χ0v) is 18.7.